The van der Waals surface area contributed by atoms with E-state index in [-0.39, 0.29) is 31.3 Å². The van der Waals surface area contributed by atoms with Crippen LogP contribution in [0.15, 0.2) is 41.2 Å². The van der Waals surface area contributed by atoms with Crippen LogP contribution in [0.5, 0.6) is 11.5 Å². The number of hydrogen-bond donors (Lipinski definition) is 3. The largest absolute Gasteiger partial charge is 0.492 e. The first-order chi connectivity index (χ1) is 16.8. The molecule has 188 valence electrons. The SMILES string of the molecule is CCCCNC(=O)COc1cccc(-c2nc3ccc(C)c(OCC(C)(CC)CO)c3c(=O)[nH]2)c1. The van der Waals surface area contributed by atoms with Crippen molar-refractivity contribution in [2.45, 2.75) is 47.0 Å². The van der Waals surface area contributed by atoms with Gasteiger partial charge in [0.1, 0.15) is 22.7 Å². The van der Waals surface area contributed by atoms with Gasteiger partial charge >= 0.3 is 0 Å². The zero-order chi connectivity index (χ0) is 25.4. The Morgan fingerprint density at radius 1 is 1.20 bits per heavy atom. The molecule has 0 spiro atoms. The van der Waals surface area contributed by atoms with Crippen LogP contribution in [0.3, 0.4) is 0 Å². The van der Waals surface area contributed by atoms with Gasteiger partial charge in [-0.1, -0.05) is 45.4 Å². The molecule has 1 amide bonds. The molecule has 0 bridgehead atoms. The maximum absolute atomic E-state index is 13.1. The highest BCUT2D eigenvalue weighted by atomic mass is 16.5. The summed E-state index contributed by atoms with van der Waals surface area (Å²) in [5.74, 6) is 1.20. The standard InChI is InChI=1S/C27H35N3O5/c1-5-7-13-28-22(32)15-34-20-10-8-9-19(14-20)25-29-21-12-11-18(3)24(23(21)26(33)30-25)35-17-27(4,6-2)16-31/h8-12,14,31H,5-7,13,15-17H2,1-4H3,(H,28,32)(H,29,30,33). The molecule has 0 aliphatic heterocycles. The Balaban J connectivity index is 1.85. The molecule has 0 fully saturated rings. The van der Waals surface area contributed by atoms with Gasteiger partial charge in [0, 0.05) is 17.5 Å². The lowest BCUT2D eigenvalue weighted by Crippen LogP contribution is -2.29. The van der Waals surface area contributed by atoms with Crippen LogP contribution < -0.4 is 20.3 Å². The Labute approximate surface area is 205 Å². The molecule has 1 atom stereocenters. The molecule has 1 heterocycles. The lowest BCUT2D eigenvalue weighted by molar-refractivity contribution is -0.123. The molecule has 0 aliphatic rings. The van der Waals surface area contributed by atoms with Gasteiger partial charge in [-0.05, 0) is 43.5 Å². The van der Waals surface area contributed by atoms with Gasteiger partial charge in [0.05, 0.1) is 18.7 Å². The van der Waals surface area contributed by atoms with E-state index in [2.05, 4.69) is 22.2 Å². The van der Waals surface area contributed by atoms with Crippen LogP contribution in [0.4, 0.5) is 0 Å². The minimum Gasteiger partial charge on any atom is -0.492 e. The highest BCUT2D eigenvalue weighted by molar-refractivity contribution is 5.87. The van der Waals surface area contributed by atoms with Gasteiger partial charge in [0.25, 0.3) is 11.5 Å². The van der Waals surface area contributed by atoms with Crippen molar-refractivity contribution in [1.82, 2.24) is 15.3 Å². The average Bonchev–Trinajstić information content (AvgIpc) is 2.87. The fourth-order valence-electron chi connectivity index (χ4n) is 3.47. The summed E-state index contributed by atoms with van der Waals surface area (Å²) >= 11 is 0. The number of aliphatic hydroxyl groups excluding tert-OH is 1. The van der Waals surface area contributed by atoms with E-state index in [9.17, 15) is 14.7 Å². The van der Waals surface area contributed by atoms with Gasteiger partial charge < -0.3 is 24.9 Å². The lowest BCUT2D eigenvalue weighted by atomic mass is 9.90. The molecule has 3 N–H and O–H groups in total. The summed E-state index contributed by atoms with van der Waals surface area (Å²) in [6.07, 6.45) is 2.67. The van der Waals surface area contributed by atoms with E-state index >= 15 is 0 Å². The number of nitrogens with zero attached hydrogens (tertiary/aromatic N) is 1. The smallest absolute Gasteiger partial charge is 0.262 e. The summed E-state index contributed by atoms with van der Waals surface area (Å²) in [6.45, 7) is 8.70. The van der Waals surface area contributed by atoms with E-state index < -0.39 is 5.41 Å². The number of aromatic nitrogens is 2. The third-order valence-electron chi connectivity index (χ3n) is 6.15. The molecular weight excluding hydrogens is 446 g/mol. The van der Waals surface area contributed by atoms with Gasteiger partial charge in [0.2, 0.25) is 0 Å². The topological polar surface area (TPSA) is 114 Å². The average molecular weight is 482 g/mol. The summed E-state index contributed by atoms with van der Waals surface area (Å²) in [7, 11) is 0. The number of aromatic amines is 1. The Morgan fingerprint density at radius 2 is 2.00 bits per heavy atom. The molecule has 1 unspecified atom stereocenters. The van der Waals surface area contributed by atoms with Crippen LogP contribution in [-0.4, -0.2) is 47.3 Å². The van der Waals surface area contributed by atoms with Crippen LogP contribution in [-0.2, 0) is 4.79 Å². The van der Waals surface area contributed by atoms with Crippen molar-refractivity contribution >= 4 is 16.8 Å². The number of ether oxygens (including phenoxy) is 2. The summed E-state index contributed by atoms with van der Waals surface area (Å²) in [5.41, 5.74) is 1.28. The van der Waals surface area contributed by atoms with Gasteiger partial charge in [-0.25, -0.2) is 4.98 Å². The van der Waals surface area contributed by atoms with Crippen molar-refractivity contribution in [2.24, 2.45) is 5.41 Å². The molecule has 0 radical (unpaired) electrons. The van der Waals surface area contributed by atoms with E-state index in [1.54, 1.807) is 24.3 Å². The predicted octanol–water partition coefficient (Wildman–Crippen LogP) is 3.98. The first-order valence-corrected chi connectivity index (χ1v) is 12.1. The van der Waals surface area contributed by atoms with E-state index in [4.69, 9.17) is 9.47 Å². The molecular formula is C27H35N3O5. The van der Waals surface area contributed by atoms with E-state index in [1.165, 1.54) is 0 Å². The van der Waals surface area contributed by atoms with Crippen LogP contribution in [0.1, 0.15) is 45.6 Å². The number of H-pyrrole nitrogens is 1. The van der Waals surface area contributed by atoms with Crippen LogP contribution in [0.25, 0.3) is 22.3 Å². The number of fused-ring (bicyclic) bond motifs is 1. The number of aliphatic hydroxyl groups is 1. The maximum atomic E-state index is 13.1. The third-order valence-corrected chi connectivity index (χ3v) is 6.15. The molecule has 3 rings (SSSR count). The summed E-state index contributed by atoms with van der Waals surface area (Å²) in [5, 5.41) is 12.9. The number of nitrogens with one attached hydrogen (secondary N) is 2. The Kier molecular flexibility index (Phi) is 8.87. The second-order valence-electron chi connectivity index (χ2n) is 9.15. The molecule has 1 aromatic heterocycles. The highest BCUT2D eigenvalue weighted by Crippen LogP contribution is 2.30. The van der Waals surface area contributed by atoms with Gasteiger partial charge in [-0.3, -0.25) is 9.59 Å². The number of carbonyl (C=O) groups is 1. The number of rotatable bonds is 12. The van der Waals surface area contributed by atoms with E-state index in [0.29, 0.717) is 40.3 Å². The minimum atomic E-state index is -0.401. The first kappa shape index (κ1) is 26.2. The minimum absolute atomic E-state index is 0.00905. The first-order valence-electron chi connectivity index (χ1n) is 12.1. The van der Waals surface area contributed by atoms with Crippen LogP contribution in [0.2, 0.25) is 0 Å². The molecule has 0 saturated heterocycles. The molecule has 3 aromatic rings. The van der Waals surface area contributed by atoms with Crippen LogP contribution in [0, 0.1) is 12.3 Å². The lowest BCUT2D eigenvalue weighted by Gasteiger charge is -2.26. The molecule has 35 heavy (non-hydrogen) atoms. The second-order valence-corrected chi connectivity index (χ2v) is 9.15. The number of unbranched alkanes of at least 4 members (excludes halogenated alkanes) is 1. The van der Waals surface area contributed by atoms with Crippen LogP contribution >= 0.6 is 0 Å². The number of amides is 1. The van der Waals surface area contributed by atoms with Crippen molar-refractivity contribution in [3.8, 4) is 22.9 Å². The summed E-state index contributed by atoms with van der Waals surface area (Å²) in [4.78, 5) is 32.6. The summed E-state index contributed by atoms with van der Waals surface area (Å²) < 4.78 is 11.7. The molecule has 8 heteroatoms. The number of aryl methyl sites for hydroxylation is 1. The zero-order valence-electron chi connectivity index (χ0n) is 20.9. The van der Waals surface area contributed by atoms with Gasteiger partial charge in [0.15, 0.2) is 6.61 Å². The summed E-state index contributed by atoms with van der Waals surface area (Å²) in [6, 6.07) is 10.8. The number of benzene rings is 2. The maximum Gasteiger partial charge on any atom is 0.262 e. The fraction of sp³-hybridized carbons (Fsp3) is 0.444. The predicted molar refractivity (Wildman–Crippen MR) is 137 cm³/mol. The van der Waals surface area contributed by atoms with E-state index in [0.717, 1.165) is 24.8 Å². The number of hydrogen-bond acceptors (Lipinski definition) is 6. The van der Waals surface area contributed by atoms with E-state index in [1.807, 2.05) is 32.9 Å². The highest BCUT2D eigenvalue weighted by Gasteiger charge is 2.23. The quantitative estimate of drug-likeness (QED) is 0.337. The monoisotopic (exact) mass is 481 g/mol. The normalized spacial score (nSPS) is 12.8. The Bertz CT molecular complexity index is 1220. The van der Waals surface area contributed by atoms with Crippen molar-refractivity contribution in [3.05, 3.63) is 52.3 Å². The Morgan fingerprint density at radius 3 is 2.71 bits per heavy atom. The van der Waals surface area contributed by atoms with Crippen molar-refractivity contribution < 1.29 is 19.4 Å². The Hall–Kier alpha value is -3.39. The van der Waals surface area contributed by atoms with Gasteiger partial charge in [-0.15, -0.1) is 0 Å². The molecule has 0 saturated carbocycles. The van der Waals surface area contributed by atoms with Crippen molar-refractivity contribution in [1.29, 1.82) is 0 Å². The van der Waals surface area contributed by atoms with Crippen molar-refractivity contribution in [3.63, 3.8) is 0 Å². The zero-order valence-corrected chi connectivity index (χ0v) is 20.9. The third kappa shape index (κ3) is 6.60. The molecule has 0 aliphatic carbocycles. The van der Waals surface area contributed by atoms with Crippen molar-refractivity contribution in [2.75, 3.05) is 26.4 Å². The molecule has 8 nitrogen and oxygen atoms in total. The van der Waals surface area contributed by atoms with Gasteiger partial charge in [-0.2, -0.15) is 0 Å². The fourth-order valence-corrected chi connectivity index (χ4v) is 3.47. The second kappa shape index (κ2) is 11.8. The number of carbonyl (C=O) groups excluding carboxylic acids is 1. The molecule has 2 aromatic carbocycles.